The molecule has 0 aromatic carbocycles. The van der Waals surface area contributed by atoms with E-state index in [4.69, 9.17) is 4.74 Å². The third-order valence-electron chi connectivity index (χ3n) is 5.25. The van der Waals surface area contributed by atoms with E-state index in [0.717, 1.165) is 26.3 Å². The van der Waals surface area contributed by atoms with Crippen molar-refractivity contribution in [2.45, 2.75) is 104 Å². The molecule has 30 heavy (non-hydrogen) atoms. The molecule has 1 rings (SSSR count). The van der Waals surface area contributed by atoms with Gasteiger partial charge in [-0.2, -0.15) is 5.01 Å². The maximum atomic E-state index is 9.45. The Kier molecular flexibility index (Phi) is 21.8. The summed E-state index contributed by atoms with van der Waals surface area (Å²) in [5.74, 6) is 0. The molecule has 0 bridgehead atoms. The first-order valence-corrected chi connectivity index (χ1v) is 13.6. The lowest BCUT2D eigenvalue weighted by atomic mass is 10.0. The average molecular weight is 453 g/mol. The van der Waals surface area contributed by atoms with Crippen LogP contribution in [-0.4, -0.2) is 57.4 Å². The minimum atomic E-state index is -4.42. The Hall–Kier alpha value is -0.250. The summed E-state index contributed by atoms with van der Waals surface area (Å²) in [5.41, 5.74) is 2.41. The third kappa shape index (κ3) is 24.0. The molecule has 0 aliphatic carbocycles. The van der Waals surface area contributed by atoms with Gasteiger partial charge >= 0.3 is 0 Å². The van der Waals surface area contributed by atoms with Crippen LogP contribution in [0.1, 0.15) is 104 Å². The molecule has 1 aliphatic heterocycles. The average Bonchev–Trinajstić information content (AvgIpc) is 2.71. The van der Waals surface area contributed by atoms with Crippen LogP contribution < -0.4 is 5.43 Å². The third-order valence-corrected chi connectivity index (χ3v) is 5.78. The standard InChI is InChI=1S/C20H42N2O.C2H6O4S/c1-2-3-4-5-6-7-8-9-10-11-12-13-14-15-16-21-22-17-19-23-20-18-22;1-2-6-7(3,4)5/h21H,2-20H2,1H3;2H2,1H3,(H,3,4,5). The predicted octanol–water partition coefficient (Wildman–Crippen LogP) is 3.76. The molecule has 0 spiro atoms. The van der Waals surface area contributed by atoms with E-state index in [2.05, 4.69) is 21.5 Å². The van der Waals surface area contributed by atoms with Gasteiger partial charge in [-0.1, -0.05) is 84.0 Å². The van der Waals surface area contributed by atoms with Crippen LogP contribution in [0.15, 0.2) is 0 Å². The maximum Gasteiger partial charge on any atom is 0.217 e. The van der Waals surface area contributed by atoms with Gasteiger partial charge in [0.25, 0.3) is 0 Å². The number of morpholine rings is 1. The van der Waals surface area contributed by atoms with E-state index < -0.39 is 10.4 Å². The zero-order chi connectivity index (χ0) is 22.3. The first-order chi connectivity index (χ1) is 14.5. The second-order valence-corrected chi connectivity index (χ2v) is 9.08. The predicted molar refractivity (Wildman–Crippen MR) is 121 cm³/mol. The van der Waals surface area contributed by atoms with E-state index in [1.807, 2.05) is 0 Å². The highest BCUT2D eigenvalue weighted by Gasteiger charge is 2.11. The topological polar surface area (TPSA) is 95.5 Å². The number of nitrogens with two attached hydrogens (primary N) is 1. The highest BCUT2D eigenvalue weighted by atomic mass is 32.3. The summed E-state index contributed by atoms with van der Waals surface area (Å²) in [5, 5.41) is 2.44. The molecule has 0 radical (unpaired) electrons. The molecule has 0 saturated carbocycles. The van der Waals surface area contributed by atoms with Crippen LogP contribution in [0.4, 0.5) is 0 Å². The van der Waals surface area contributed by atoms with Crippen LogP contribution in [0, 0.1) is 0 Å². The Morgan fingerprint density at radius 2 is 1.23 bits per heavy atom. The smallest absolute Gasteiger partial charge is 0.217 e. The van der Waals surface area contributed by atoms with E-state index in [9.17, 15) is 13.0 Å². The van der Waals surface area contributed by atoms with Crippen molar-refractivity contribution >= 4 is 10.4 Å². The molecule has 1 heterocycles. The molecular formula is C22H48N2O5S. The largest absolute Gasteiger partial charge is 0.726 e. The van der Waals surface area contributed by atoms with Gasteiger partial charge in [0.15, 0.2) is 0 Å². The molecule has 7 nitrogen and oxygen atoms in total. The number of nitrogens with zero attached hydrogens (tertiary/aromatic N) is 1. The van der Waals surface area contributed by atoms with E-state index in [-0.39, 0.29) is 6.61 Å². The fraction of sp³-hybridized carbons (Fsp3) is 1.00. The van der Waals surface area contributed by atoms with Crippen molar-refractivity contribution in [3.63, 3.8) is 0 Å². The Balaban J connectivity index is 0.00000103. The van der Waals surface area contributed by atoms with Crippen molar-refractivity contribution in [1.82, 2.24) is 5.01 Å². The van der Waals surface area contributed by atoms with Crippen LogP contribution in [0.2, 0.25) is 0 Å². The minimum absolute atomic E-state index is 0.0914. The molecule has 0 aromatic heterocycles. The van der Waals surface area contributed by atoms with E-state index >= 15 is 0 Å². The summed E-state index contributed by atoms with van der Waals surface area (Å²) in [6.45, 7) is 8.91. The van der Waals surface area contributed by atoms with Crippen molar-refractivity contribution in [2.75, 3.05) is 39.5 Å². The Bertz CT molecular complexity index is 443. The molecule has 0 amide bonds. The quantitative estimate of drug-likeness (QED) is 0.147. The van der Waals surface area contributed by atoms with Crippen molar-refractivity contribution in [2.24, 2.45) is 0 Å². The maximum absolute atomic E-state index is 9.45. The molecule has 0 aromatic rings. The van der Waals surface area contributed by atoms with Gasteiger partial charge in [-0.3, -0.25) is 9.61 Å². The molecule has 2 N–H and O–H groups in total. The van der Waals surface area contributed by atoms with Crippen LogP contribution in [-0.2, 0) is 19.3 Å². The van der Waals surface area contributed by atoms with Gasteiger partial charge < -0.3 is 9.29 Å². The van der Waals surface area contributed by atoms with Crippen LogP contribution in [0.5, 0.6) is 0 Å². The second-order valence-electron chi connectivity index (χ2n) is 8.03. The number of rotatable bonds is 18. The summed E-state index contributed by atoms with van der Waals surface area (Å²) < 4.78 is 37.4. The normalized spacial score (nSPS) is 15.0. The van der Waals surface area contributed by atoms with Gasteiger partial charge in [0.1, 0.15) is 0 Å². The molecule has 182 valence electrons. The number of hydrogen-bond acceptors (Lipinski definition) is 6. The van der Waals surface area contributed by atoms with Gasteiger partial charge in [0.2, 0.25) is 10.4 Å². The molecule has 1 aliphatic rings. The SMILES string of the molecule is CCCCCCCCCCCCCCCC[NH2+]N1CCOCC1.CCOS(=O)(=O)[O-]. The van der Waals surface area contributed by atoms with Crippen LogP contribution >= 0.6 is 0 Å². The van der Waals surface area contributed by atoms with Gasteiger partial charge in [0, 0.05) is 0 Å². The number of quaternary nitrogens is 1. The lowest BCUT2D eigenvalue weighted by Crippen LogP contribution is -2.95. The van der Waals surface area contributed by atoms with E-state index in [1.54, 1.807) is 0 Å². The van der Waals surface area contributed by atoms with Crippen molar-refractivity contribution in [1.29, 1.82) is 0 Å². The Labute approximate surface area is 186 Å². The first-order valence-electron chi connectivity index (χ1n) is 12.2. The lowest BCUT2D eigenvalue weighted by molar-refractivity contribution is -0.806. The summed E-state index contributed by atoms with van der Waals surface area (Å²) in [7, 11) is -4.42. The molecular weight excluding hydrogens is 404 g/mol. The molecule has 0 unspecified atom stereocenters. The van der Waals surface area contributed by atoms with Gasteiger partial charge in [-0.05, 0) is 19.8 Å². The zero-order valence-electron chi connectivity index (χ0n) is 19.6. The van der Waals surface area contributed by atoms with Crippen LogP contribution in [0.25, 0.3) is 0 Å². The fourth-order valence-electron chi connectivity index (χ4n) is 3.52. The van der Waals surface area contributed by atoms with E-state index in [1.165, 1.54) is 103 Å². The lowest BCUT2D eigenvalue weighted by Gasteiger charge is -2.23. The fourth-order valence-corrected chi connectivity index (χ4v) is 3.81. The summed E-state index contributed by atoms with van der Waals surface area (Å²) in [6.07, 6.45) is 20.2. The van der Waals surface area contributed by atoms with Crippen molar-refractivity contribution in [3.8, 4) is 0 Å². The molecule has 1 fully saturated rings. The van der Waals surface area contributed by atoms with E-state index in [0.29, 0.717) is 0 Å². The number of ether oxygens (including phenoxy) is 1. The molecule has 1 saturated heterocycles. The summed E-state index contributed by atoms with van der Waals surface area (Å²) in [6, 6.07) is 0. The highest BCUT2D eigenvalue weighted by molar-refractivity contribution is 7.80. The number of unbranched alkanes of at least 4 members (excludes halogenated alkanes) is 13. The zero-order valence-corrected chi connectivity index (χ0v) is 20.4. The van der Waals surface area contributed by atoms with Gasteiger partial charge in [0.05, 0.1) is 39.5 Å². The minimum Gasteiger partial charge on any atom is -0.726 e. The Morgan fingerprint density at radius 1 is 0.800 bits per heavy atom. The number of hydrogen-bond donors (Lipinski definition) is 1. The van der Waals surface area contributed by atoms with Gasteiger partial charge in [-0.15, -0.1) is 0 Å². The van der Waals surface area contributed by atoms with Crippen LogP contribution in [0.3, 0.4) is 0 Å². The van der Waals surface area contributed by atoms with Crippen molar-refractivity contribution < 1.29 is 27.3 Å². The molecule has 0 atom stereocenters. The molecule has 8 heteroatoms. The second kappa shape index (κ2) is 22.0. The summed E-state index contributed by atoms with van der Waals surface area (Å²) in [4.78, 5) is 0. The van der Waals surface area contributed by atoms with Gasteiger partial charge in [-0.25, -0.2) is 8.42 Å². The monoisotopic (exact) mass is 452 g/mol. The van der Waals surface area contributed by atoms with Crippen molar-refractivity contribution in [3.05, 3.63) is 0 Å². The summed E-state index contributed by atoms with van der Waals surface area (Å²) >= 11 is 0. The highest BCUT2D eigenvalue weighted by Crippen LogP contribution is 2.12. The first kappa shape index (κ1) is 29.8. The Morgan fingerprint density at radius 3 is 1.60 bits per heavy atom.